The Hall–Kier alpha value is -3.28. The van der Waals surface area contributed by atoms with E-state index in [-0.39, 0.29) is 12.1 Å². The van der Waals surface area contributed by atoms with Gasteiger partial charge in [-0.15, -0.1) is 0 Å². The molecule has 1 aromatic carbocycles. The predicted molar refractivity (Wildman–Crippen MR) is 111 cm³/mol. The van der Waals surface area contributed by atoms with Gasteiger partial charge in [0.25, 0.3) is 0 Å². The van der Waals surface area contributed by atoms with Crippen molar-refractivity contribution in [2.75, 3.05) is 0 Å². The summed E-state index contributed by atoms with van der Waals surface area (Å²) in [5.74, 6) is -0.0617. The molecule has 0 bridgehead atoms. The summed E-state index contributed by atoms with van der Waals surface area (Å²) in [6, 6.07) is 12.0. The molecule has 1 saturated carbocycles. The van der Waals surface area contributed by atoms with Crippen LogP contribution in [0.5, 0.6) is 0 Å². The minimum absolute atomic E-state index is 0.0281. The number of fused-ring (bicyclic) bond motifs is 1. The topological polar surface area (TPSA) is 51.6 Å². The van der Waals surface area contributed by atoms with Gasteiger partial charge in [0.1, 0.15) is 5.82 Å². The van der Waals surface area contributed by atoms with E-state index in [0.29, 0.717) is 17.4 Å². The van der Waals surface area contributed by atoms with Crippen molar-refractivity contribution in [2.24, 2.45) is 0 Å². The van der Waals surface area contributed by atoms with Crippen molar-refractivity contribution in [2.45, 2.75) is 38.5 Å². The van der Waals surface area contributed by atoms with Gasteiger partial charge in [-0.3, -0.25) is 4.98 Å². The van der Waals surface area contributed by atoms with E-state index in [1.807, 2.05) is 25.1 Å². The van der Waals surface area contributed by atoms with E-state index < -0.39 is 11.8 Å². The average Bonchev–Trinajstić information content (AvgIpc) is 2.69. The second-order valence-electron chi connectivity index (χ2n) is 7.78. The Kier molecular flexibility index (Phi) is 4.69. The minimum atomic E-state index is -0.710. The molecule has 4 nitrogen and oxygen atoms in total. The second-order valence-corrected chi connectivity index (χ2v) is 7.78. The first-order valence-corrected chi connectivity index (χ1v) is 10.1. The van der Waals surface area contributed by atoms with Crippen LogP contribution in [0.4, 0.5) is 8.78 Å². The Morgan fingerprint density at radius 1 is 1.00 bits per heavy atom. The summed E-state index contributed by atoms with van der Waals surface area (Å²) in [5.41, 5.74) is 4.61. The first-order chi connectivity index (χ1) is 14.6. The molecule has 4 aromatic rings. The average molecular weight is 402 g/mol. The molecule has 0 radical (unpaired) electrons. The van der Waals surface area contributed by atoms with E-state index in [1.54, 1.807) is 6.20 Å². The summed E-state index contributed by atoms with van der Waals surface area (Å²) in [5, 5.41) is 1.14. The number of aryl methyl sites for hydroxylation is 1. The van der Waals surface area contributed by atoms with Gasteiger partial charge < -0.3 is 0 Å². The van der Waals surface area contributed by atoms with Crippen LogP contribution in [-0.4, -0.2) is 19.9 Å². The van der Waals surface area contributed by atoms with Crippen molar-refractivity contribution in [1.29, 1.82) is 0 Å². The third-order valence-corrected chi connectivity index (χ3v) is 5.79. The monoisotopic (exact) mass is 402 g/mol. The van der Waals surface area contributed by atoms with Crippen molar-refractivity contribution in [3.05, 3.63) is 83.1 Å². The third-order valence-electron chi connectivity index (χ3n) is 5.79. The van der Waals surface area contributed by atoms with Gasteiger partial charge in [-0.2, -0.15) is 4.39 Å². The van der Waals surface area contributed by atoms with Crippen LogP contribution < -0.4 is 0 Å². The fourth-order valence-corrected chi connectivity index (χ4v) is 4.05. The lowest BCUT2D eigenvalue weighted by Gasteiger charge is -2.27. The summed E-state index contributed by atoms with van der Waals surface area (Å²) in [7, 11) is 0. The Bertz CT molecular complexity index is 1250. The van der Waals surface area contributed by atoms with Gasteiger partial charge in [0.05, 0.1) is 11.2 Å². The molecule has 5 rings (SSSR count). The molecule has 0 amide bonds. The van der Waals surface area contributed by atoms with Gasteiger partial charge in [0.2, 0.25) is 5.95 Å². The van der Waals surface area contributed by atoms with Gasteiger partial charge in [-0.1, -0.05) is 18.6 Å². The van der Waals surface area contributed by atoms with Gasteiger partial charge in [-0.25, -0.2) is 19.3 Å². The lowest BCUT2D eigenvalue weighted by Crippen LogP contribution is -2.10. The van der Waals surface area contributed by atoms with E-state index in [2.05, 4.69) is 22.1 Å². The van der Waals surface area contributed by atoms with E-state index in [4.69, 9.17) is 9.97 Å². The van der Waals surface area contributed by atoms with Crippen molar-refractivity contribution in [3.63, 3.8) is 0 Å². The van der Waals surface area contributed by atoms with Crippen LogP contribution >= 0.6 is 0 Å². The summed E-state index contributed by atoms with van der Waals surface area (Å²) >= 11 is 0. The van der Waals surface area contributed by atoms with E-state index in [9.17, 15) is 8.78 Å². The van der Waals surface area contributed by atoms with Gasteiger partial charge in [-0.05, 0) is 61.6 Å². The maximum atomic E-state index is 14.0. The first-order valence-electron chi connectivity index (χ1n) is 10.1. The molecule has 1 aliphatic rings. The highest BCUT2D eigenvalue weighted by atomic mass is 19.1. The largest absolute Gasteiger partial charge is 0.261 e. The standard InChI is InChI=1S/C24H20F2N4/c1-14-23-18(15-4-2-5-15)6-3-7-20(23)30-24(28-14)16-10-11-27-17(12-16)13-21-19(25)8-9-22(26)29-21/h3,6-12,15H,2,4-5,13H2,1H3. The van der Waals surface area contributed by atoms with Crippen LogP contribution in [-0.2, 0) is 6.42 Å². The van der Waals surface area contributed by atoms with Crippen LogP contribution in [0.2, 0.25) is 0 Å². The van der Waals surface area contributed by atoms with Crippen molar-refractivity contribution in [3.8, 4) is 11.4 Å². The maximum Gasteiger partial charge on any atom is 0.213 e. The molecule has 1 fully saturated rings. The molecule has 3 heterocycles. The highest BCUT2D eigenvalue weighted by Gasteiger charge is 2.23. The zero-order valence-electron chi connectivity index (χ0n) is 16.6. The van der Waals surface area contributed by atoms with Crippen LogP contribution in [0.3, 0.4) is 0 Å². The molecule has 0 aliphatic heterocycles. The Morgan fingerprint density at radius 3 is 2.67 bits per heavy atom. The second kappa shape index (κ2) is 7.52. The Balaban J connectivity index is 1.53. The van der Waals surface area contributed by atoms with Crippen molar-refractivity contribution >= 4 is 10.9 Å². The summed E-state index contributed by atoms with van der Waals surface area (Å²) in [4.78, 5) is 17.5. The summed E-state index contributed by atoms with van der Waals surface area (Å²) < 4.78 is 27.3. The molecule has 0 atom stereocenters. The zero-order chi connectivity index (χ0) is 20.7. The number of rotatable bonds is 4. The molecule has 0 unspecified atom stereocenters. The number of halogens is 2. The normalized spacial score (nSPS) is 14.1. The molecule has 150 valence electrons. The van der Waals surface area contributed by atoms with E-state index in [0.717, 1.165) is 34.3 Å². The molecule has 0 spiro atoms. The number of pyridine rings is 2. The van der Waals surface area contributed by atoms with Crippen molar-refractivity contribution in [1.82, 2.24) is 19.9 Å². The molecular formula is C24H20F2N4. The fraction of sp³-hybridized carbons (Fsp3) is 0.250. The third kappa shape index (κ3) is 3.43. The highest BCUT2D eigenvalue weighted by molar-refractivity contribution is 5.86. The lowest BCUT2D eigenvalue weighted by atomic mass is 9.78. The minimum Gasteiger partial charge on any atom is -0.261 e. The predicted octanol–water partition coefficient (Wildman–Crippen LogP) is 5.53. The number of nitrogens with zero attached hydrogens (tertiary/aromatic N) is 4. The molecule has 3 aromatic heterocycles. The van der Waals surface area contributed by atoms with E-state index in [1.165, 1.54) is 24.8 Å². The van der Waals surface area contributed by atoms with Gasteiger partial charge in [0.15, 0.2) is 5.82 Å². The molecule has 30 heavy (non-hydrogen) atoms. The lowest BCUT2D eigenvalue weighted by molar-refractivity contribution is 0.422. The molecule has 0 saturated heterocycles. The van der Waals surface area contributed by atoms with Crippen LogP contribution in [0.15, 0.2) is 48.7 Å². The maximum absolute atomic E-state index is 14.0. The van der Waals surface area contributed by atoms with Gasteiger partial charge in [0, 0.05) is 35.0 Å². The first kappa shape index (κ1) is 18.7. The molecule has 1 aliphatic carbocycles. The number of aromatic nitrogens is 4. The van der Waals surface area contributed by atoms with E-state index >= 15 is 0 Å². The summed E-state index contributed by atoms with van der Waals surface area (Å²) in [6.45, 7) is 2.02. The van der Waals surface area contributed by atoms with Crippen molar-refractivity contribution < 1.29 is 8.78 Å². The van der Waals surface area contributed by atoms with Crippen LogP contribution in [0.1, 0.15) is 47.8 Å². The summed E-state index contributed by atoms with van der Waals surface area (Å²) in [6.07, 6.45) is 5.45. The van der Waals surface area contributed by atoms with Gasteiger partial charge >= 0.3 is 0 Å². The highest BCUT2D eigenvalue weighted by Crippen LogP contribution is 2.40. The number of benzene rings is 1. The number of hydrogen-bond acceptors (Lipinski definition) is 4. The Labute approximate surface area is 173 Å². The molecular weight excluding hydrogens is 382 g/mol. The Morgan fingerprint density at radius 2 is 1.87 bits per heavy atom. The smallest absolute Gasteiger partial charge is 0.213 e. The van der Waals surface area contributed by atoms with Crippen LogP contribution in [0, 0.1) is 18.7 Å². The zero-order valence-corrected chi connectivity index (χ0v) is 16.6. The number of hydrogen-bond donors (Lipinski definition) is 0. The fourth-order valence-electron chi connectivity index (χ4n) is 4.05. The molecule has 6 heteroatoms. The SMILES string of the molecule is Cc1nc(-c2ccnc(Cc3nc(F)ccc3F)c2)nc2cccc(C3CCC3)c12. The molecule has 0 N–H and O–H groups in total. The van der Waals surface area contributed by atoms with Crippen LogP contribution in [0.25, 0.3) is 22.3 Å². The quantitative estimate of drug-likeness (QED) is 0.421.